The van der Waals surface area contributed by atoms with Crippen LogP contribution in [0.5, 0.6) is 0 Å². The minimum absolute atomic E-state index is 0.0653. The summed E-state index contributed by atoms with van der Waals surface area (Å²) in [4.78, 5) is 28.9. The second-order valence-corrected chi connectivity index (χ2v) is 5.12. The van der Waals surface area contributed by atoms with E-state index < -0.39 is 0 Å². The standard InChI is InChI=1S/C15H22N4O4/c1-4-11-17-14-13(10(3)18-23-14)15(21)19(11)9-12(20)16-7-6-8-22-5-2/h4-9H2,1-3H3,(H,16,20). The zero-order valence-corrected chi connectivity index (χ0v) is 13.7. The van der Waals surface area contributed by atoms with Gasteiger partial charge in [-0.1, -0.05) is 12.1 Å². The van der Waals surface area contributed by atoms with Crippen LogP contribution in [-0.2, 0) is 22.5 Å². The van der Waals surface area contributed by atoms with E-state index >= 15 is 0 Å². The Kier molecular flexibility index (Phi) is 5.86. The van der Waals surface area contributed by atoms with Gasteiger partial charge in [-0.3, -0.25) is 14.2 Å². The van der Waals surface area contributed by atoms with Crippen LogP contribution in [0.1, 0.15) is 31.8 Å². The maximum atomic E-state index is 12.6. The summed E-state index contributed by atoms with van der Waals surface area (Å²) >= 11 is 0. The fraction of sp³-hybridized carbons (Fsp3) is 0.600. The van der Waals surface area contributed by atoms with Crippen LogP contribution >= 0.6 is 0 Å². The Morgan fingerprint density at radius 2 is 2.17 bits per heavy atom. The normalized spacial score (nSPS) is 11.1. The van der Waals surface area contributed by atoms with Crippen LogP contribution in [0, 0.1) is 6.92 Å². The van der Waals surface area contributed by atoms with E-state index in [1.165, 1.54) is 4.57 Å². The average Bonchev–Trinajstić information content (AvgIpc) is 2.91. The monoisotopic (exact) mass is 322 g/mol. The largest absolute Gasteiger partial charge is 0.382 e. The molecule has 0 saturated carbocycles. The number of aromatic nitrogens is 3. The maximum absolute atomic E-state index is 12.6. The van der Waals surface area contributed by atoms with Crippen molar-refractivity contribution in [3.8, 4) is 0 Å². The smallest absolute Gasteiger partial charge is 0.267 e. The van der Waals surface area contributed by atoms with Gasteiger partial charge in [-0.2, -0.15) is 4.98 Å². The van der Waals surface area contributed by atoms with Crippen molar-refractivity contribution in [1.29, 1.82) is 0 Å². The van der Waals surface area contributed by atoms with E-state index in [0.29, 0.717) is 43.1 Å². The molecule has 0 aliphatic rings. The minimum atomic E-state index is -0.296. The van der Waals surface area contributed by atoms with E-state index in [1.54, 1.807) is 6.92 Å². The minimum Gasteiger partial charge on any atom is -0.382 e. The van der Waals surface area contributed by atoms with E-state index in [-0.39, 0.29) is 23.7 Å². The molecule has 2 rings (SSSR count). The van der Waals surface area contributed by atoms with Crippen molar-refractivity contribution in [2.24, 2.45) is 0 Å². The van der Waals surface area contributed by atoms with Gasteiger partial charge >= 0.3 is 0 Å². The van der Waals surface area contributed by atoms with E-state index in [4.69, 9.17) is 9.26 Å². The fourth-order valence-electron chi connectivity index (χ4n) is 2.29. The summed E-state index contributed by atoms with van der Waals surface area (Å²) in [6, 6.07) is 0. The summed E-state index contributed by atoms with van der Waals surface area (Å²) in [6.07, 6.45) is 1.25. The Labute approximate surface area is 133 Å². The van der Waals surface area contributed by atoms with E-state index in [2.05, 4.69) is 15.5 Å². The molecule has 0 aliphatic carbocycles. The van der Waals surface area contributed by atoms with Crippen molar-refractivity contribution in [3.63, 3.8) is 0 Å². The van der Waals surface area contributed by atoms with Gasteiger partial charge in [0.2, 0.25) is 5.91 Å². The fourth-order valence-corrected chi connectivity index (χ4v) is 2.29. The van der Waals surface area contributed by atoms with Gasteiger partial charge in [-0.25, -0.2) is 0 Å². The number of hydrogen-bond donors (Lipinski definition) is 1. The molecule has 1 N–H and O–H groups in total. The van der Waals surface area contributed by atoms with E-state index in [0.717, 1.165) is 6.42 Å². The van der Waals surface area contributed by atoms with Gasteiger partial charge in [0.05, 0.1) is 5.69 Å². The summed E-state index contributed by atoms with van der Waals surface area (Å²) in [5.41, 5.74) is 0.402. The summed E-state index contributed by atoms with van der Waals surface area (Å²) < 4.78 is 11.6. The summed E-state index contributed by atoms with van der Waals surface area (Å²) in [7, 11) is 0. The highest BCUT2D eigenvalue weighted by atomic mass is 16.5. The number of aryl methyl sites for hydroxylation is 2. The van der Waals surface area contributed by atoms with Gasteiger partial charge in [0, 0.05) is 26.2 Å². The molecule has 0 aromatic carbocycles. The summed E-state index contributed by atoms with van der Waals surface area (Å²) in [5, 5.41) is 6.87. The lowest BCUT2D eigenvalue weighted by Crippen LogP contribution is -2.35. The first-order valence-electron chi connectivity index (χ1n) is 7.78. The lowest BCUT2D eigenvalue weighted by Gasteiger charge is -2.11. The number of ether oxygens (including phenoxy) is 1. The van der Waals surface area contributed by atoms with E-state index in [1.807, 2.05) is 13.8 Å². The van der Waals surface area contributed by atoms with Gasteiger partial charge in [0.15, 0.2) is 0 Å². The Bertz CT molecular complexity index is 735. The second-order valence-electron chi connectivity index (χ2n) is 5.12. The first kappa shape index (κ1) is 17.1. The molecule has 0 unspecified atom stereocenters. The molecule has 1 amide bonds. The number of amides is 1. The second kappa shape index (κ2) is 7.87. The molecule has 2 aromatic rings. The third-order valence-corrected chi connectivity index (χ3v) is 3.46. The highest BCUT2D eigenvalue weighted by molar-refractivity contribution is 5.77. The van der Waals surface area contributed by atoms with Crippen molar-refractivity contribution in [2.75, 3.05) is 19.8 Å². The van der Waals surface area contributed by atoms with Crippen LogP contribution in [0.2, 0.25) is 0 Å². The zero-order chi connectivity index (χ0) is 16.8. The molecule has 8 heteroatoms. The summed E-state index contributed by atoms with van der Waals surface area (Å²) in [5.74, 6) is 0.275. The number of carbonyl (C=O) groups is 1. The average molecular weight is 322 g/mol. The SMILES string of the molecule is CCOCCCNC(=O)Cn1c(CC)nc2onc(C)c2c1=O. The molecule has 23 heavy (non-hydrogen) atoms. The third-order valence-electron chi connectivity index (χ3n) is 3.46. The highest BCUT2D eigenvalue weighted by Crippen LogP contribution is 2.12. The van der Waals surface area contributed by atoms with Crippen LogP contribution < -0.4 is 10.9 Å². The van der Waals surface area contributed by atoms with Crippen LogP contribution in [0.25, 0.3) is 11.1 Å². The first-order chi connectivity index (χ1) is 11.1. The van der Waals surface area contributed by atoms with Crippen LogP contribution in [0.3, 0.4) is 0 Å². The number of hydrogen-bond acceptors (Lipinski definition) is 6. The molecule has 126 valence electrons. The quantitative estimate of drug-likeness (QED) is 0.722. The van der Waals surface area contributed by atoms with Gasteiger partial charge < -0.3 is 14.6 Å². The Hall–Kier alpha value is -2.22. The highest BCUT2D eigenvalue weighted by Gasteiger charge is 2.17. The number of fused-ring (bicyclic) bond motifs is 1. The predicted molar refractivity (Wildman–Crippen MR) is 84.3 cm³/mol. The molecule has 2 aromatic heterocycles. The van der Waals surface area contributed by atoms with Crippen molar-refractivity contribution < 1.29 is 14.1 Å². The van der Waals surface area contributed by atoms with Gasteiger partial charge in [0.25, 0.3) is 11.3 Å². The lowest BCUT2D eigenvalue weighted by molar-refractivity contribution is -0.121. The molecular formula is C15H22N4O4. The lowest BCUT2D eigenvalue weighted by atomic mass is 10.3. The Morgan fingerprint density at radius 1 is 1.39 bits per heavy atom. The Balaban J connectivity index is 2.12. The molecule has 0 bridgehead atoms. The number of nitrogens with one attached hydrogen (secondary N) is 1. The third kappa shape index (κ3) is 3.95. The van der Waals surface area contributed by atoms with Gasteiger partial charge in [-0.15, -0.1) is 0 Å². The molecule has 8 nitrogen and oxygen atoms in total. The number of nitrogens with zero attached hydrogens (tertiary/aromatic N) is 3. The van der Waals surface area contributed by atoms with Gasteiger partial charge in [-0.05, 0) is 20.3 Å². The molecule has 0 radical (unpaired) electrons. The molecule has 0 spiro atoms. The van der Waals surface area contributed by atoms with Gasteiger partial charge in [0.1, 0.15) is 17.8 Å². The van der Waals surface area contributed by atoms with Crippen LogP contribution in [0.15, 0.2) is 9.32 Å². The number of rotatable bonds is 8. The molecular weight excluding hydrogens is 300 g/mol. The first-order valence-corrected chi connectivity index (χ1v) is 7.78. The van der Waals surface area contributed by atoms with Crippen molar-refractivity contribution in [3.05, 3.63) is 21.9 Å². The molecule has 2 heterocycles. The molecule has 0 aliphatic heterocycles. The number of carbonyl (C=O) groups excluding carboxylic acids is 1. The van der Waals surface area contributed by atoms with E-state index in [9.17, 15) is 9.59 Å². The van der Waals surface area contributed by atoms with Crippen molar-refractivity contribution >= 4 is 17.0 Å². The summed E-state index contributed by atoms with van der Waals surface area (Å²) in [6.45, 7) is 7.18. The predicted octanol–water partition coefficient (Wildman–Crippen LogP) is 0.798. The van der Waals surface area contributed by atoms with Crippen LogP contribution in [-0.4, -0.2) is 40.4 Å². The van der Waals surface area contributed by atoms with Crippen molar-refractivity contribution in [2.45, 2.75) is 40.2 Å². The zero-order valence-electron chi connectivity index (χ0n) is 13.7. The molecule has 0 atom stereocenters. The maximum Gasteiger partial charge on any atom is 0.267 e. The topological polar surface area (TPSA) is 99.2 Å². The Morgan fingerprint density at radius 3 is 2.87 bits per heavy atom. The van der Waals surface area contributed by atoms with Crippen molar-refractivity contribution in [1.82, 2.24) is 20.0 Å². The molecule has 0 fully saturated rings. The molecule has 0 saturated heterocycles. The van der Waals surface area contributed by atoms with Crippen LogP contribution in [0.4, 0.5) is 0 Å².